The van der Waals surface area contributed by atoms with Gasteiger partial charge in [-0.2, -0.15) is 18.3 Å². The van der Waals surface area contributed by atoms with Crippen molar-refractivity contribution >= 4 is 11.9 Å². The van der Waals surface area contributed by atoms with Crippen LogP contribution >= 0.6 is 0 Å². The Labute approximate surface area is 183 Å². The molecule has 1 atom stereocenters. The molecule has 1 aliphatic heterocycles. The first-order valence-corrected chi connectivity index (χ1v) is 9.97. The lowest BCUT2D eigenvalue weighted by molar-refractivity contribution is -0.192. The van der Waals surface area contributed by atoms with Crippen molar-refractivity contribution in [1.82, 2.24) is 14.7 Å². The number of halogens is 3. The average molecular weight is 457 g/mol. The van der Waals surface area contributed by atoms with Crippen molar-refractivity contribution in [1.29, 1.82) is 0 Å². The number of rotatable bonds is 7. The number of fused-ring (bicyclic) bond motifs is 1. The van der Waals surface area contributed by atoms with E-state index in [-0.39, 0.29) is 11.8 Å². The lowest BCUT2D eigenvalue weighted by Gasteiger charge is -2.33. The molecule has 3 rings (SSSR count). The molecule has 1 unspecified atom stereocenters. The highest BCUT2D eigenvalue weighted by atomic mass is 19.4. The van der Waals surface area contributed by atoms with Crippen LogP contribution in [-0.4, -0.2) is 64.2 Å². The van der Waals surface area contributed by atoms with Gasteiger partial charge in [-0.15, -0.1) is 0 Å². The van der Waals surface area contributed by atoms with Crippen LogP contribution in [0, 0.1) is 0 Å². The fraction of sp³-hybridized carbons (Fsp3) is 0.476. The van der Waals surface area contributed by atoms with Crippen LogP contribution in [0.1, 0.15) is 30.5 Å². The van der Waals surface area contributed by atoms with E-state index in [1.165, 1.54) is 5.56 Å². The Morgan fingerprint density at radius 1 is 1.25 bits per heavy atom. The zero-order valence-electron chi connectivity index (χ0n) is 17.8. The molecule has 1 aliphatic rings. The number of carbonyl (C=O) groups is 2. The summed E-state index contributed by atoms with van der Waals surface area (Å²) in [5, 5.41) is 11.5. The number of aliphatic carboxylic acids is 1. The molecule has 0 bridgehead atoms. The highest BCUT2D eigenvalue weighted by molar-refractivity contribution is 5.76. The summed E-state index contributed by atoms with van der Waals surface area (Å²) in [5.41, 5.74) is 2.29. The number of aromatic nitrogens is 2. The predicted octanol–water partition coefficient (Wildman–Crippen LogP) is 2.98. The number of para-hydroxylation sites is 1. The van der Waals surface area contributed by atoms with Gasteiger partial charge in [0.15, 0.2) is 0 Å². The minimum absolute atomic E-state index is 0.101. The first-order chi connectivity index (χ1) is 15.1. The number of benzene rings is 1. The van der Waals surface area contributed by atoms with Gasteiger partial charge in [-0.1, -0.05) is 18.2 Å². The van der Waals surface area contributed by atoms with Gasteiger partial charge in [-0.3, -0.25) is 9.48 Å². The fourth-order valence-electron chi connectivity index (χ4n) is 3.15. The molecule has 176 valence electrons. The van der Waals surface area contributed by atoms with Crippen LogP contribution in [0.3, 0.4) is 0 Å². The van der Waals surface area contributed by atoms with Gasteiger partial charge in [0.25, 0.3) is 0 Å². The summed E-state index contributed by atoms with van der Waals surface area (Å²) in [4.78, 5) is 23.4. The second kappa shape index (κ2) is 11.5. The van der Waals surface area contributed by atoms with Crippen molar-refractivity contribution < 1.29 is 37.3 Å². The van der Waals surface area contributed by atoms with E-state index in [1.54, 1.807) is 0 Å². The van der Waals surface area contributed by atoms with Crippen LogP contribution in [0.4, 0.5) is 13.2 Å². The lowest BCUT2D eigenvalue weighted by Crippen LogP contribution is -2.40. The van der Waals surface area contributed by atoms with Gasteiger partial charge in [-0.05, 0) is 19.1 Å². The maximum absolute atomic E-state index is 12.6. The largest absolute Gasteiger partial charge is 0.493 e. The molecule has 0 saturated heterocycles. The molecule has 32 heavy (non-hydrogen) atoms. The SMILES string of the molecule is CCOCC1CN(C(=O)CCOc2ccccc2)Cc2c1cnn2C.O=C(O)C(F)(F)F. The van der Waals surface area contributed by atoms with Gasteiger partial charge in [0.05, 0.1) is 38.1 Å². The zero-order chi connectivity index (χ0) is 23.7. The van der Waals surface area contributed by atoms with E-state index >= 15 is 0 Å². The number of amides is 1. The summed E-state index contributed by atoms with van der Waals surface area (Å²) in [7, 11) is 1.92. The van der Waals surface area contributed by atoms with Gasteiger partial charge in [-0.25, -0.2) is 4.79 Å². The second-order valence-electron chi connectivity index (χ2n) is 7.02. The highest BCUT2D eigenvalue weighted by Gasteiger charge is 2.38. The van der Waals surface area contributed by atoms with Gasteiger partial charge in [0.1, 0.15) is 5.75 Å². The molecule has 1 aromatic carbocycles. The summed E-state index contributed by atoms with van der Waals surface area (Å²) in [6.07, 6.45) is -2.82. The number of hydrogen-bond donors (Lipinski definition) is 1. The van der Waals surface area contributed by atoms with E-state index in [4.69, 9.17) is 19.4 Å². The topological polar surface area (TPSA) is 93.9 Å². The average Bonchev–Trinajstić information content (AvgIpc) is 3.13. The van der Waals surface area contributed by atoms with Gasteiger partial charge in [0, 0.05) is 31.7 Å². The first-order valence-electron chi connectivity index (χ1n) is 9.97. The molecule has 1 aromatic heterocycles. The van der Waals surface area contributed by atoms with Crippen LogP contribution in [0.5, 0.6) is 5.75 Å². The van der Waals surface area contributed by atoms with E-state index in [0.717, 1.165) is 11.4 Å². The number of aryl methyl sites for hydroxylation is 1. The first kappa shape index (κ1) is 25.2. The summed E-state index contributed by atoms with van der Waals surface area (Å²) in [6, 6.07) is 9.57. The number of nitrogens with zero attached hydrogens (tertiary/aromatic N) is 3. The Hall–Kier alpha value is -3.08. The molecular weight excluding hydrogens is 431 g/mol. The number of alkyl halides is 3. The van der Waals surface area contributed by atoms with E-state index in [1.807, 2.05) is 60.1 Å². The van der Waals surface area contributed by atoms with Crippen molar-refractivity contribution in [2.45, 2.75) is 32.0 Å². The highest BCUT2D eigenvalue weighted by Crippen LogP contribution is 2.28. The summed E-state index contributed by atoms with van der Waals surface area (Å²) in [6.45, 7) is 4.91. The van der Waals surface area contributed by atoms with Crippen LogP contribution in [0.2, 0.25) is 0 Å². The van der Waals surface area contributed by atoms with Crippen molar-refractivity contribution in [2.24, 2.45) is 7.05 Å². The lowest BCUT2D eigenvalue weighted by atomic mass is 9.95. The Kier molecular flexibility index (Phi) is 9.06. The number of ether oxygens (including phenoxy) is 2. The molecule has 2 aromatic rings. The molecule has 0 fully saturated rings. The van der Waals surface area contributed by atoms with Gasteiger partial charge in [0.2, 0.25) is 5.91 Å². The van der Waals surface area contributed by atoms with Crippen molar-refractivity contribution in [3.05, 3.63) is 47.8 Å². The monoisotopic (exact) mass is 457 g/mol. The van der Waals surface area contributed by atoms with Crippen molar-refractivity contribution in [3.8, 4) is 5.75 Å². The number of hydrogen-bond acceptors (Lipinski definition) is 5. The maximum Gasteiger partial charge on any atom is 0.490 e. The minimum Gasteiger partial charge on any atom is -0.493 e. The van der Waals surface area contributed by atoms with Crippen molar-refractivity contribution in [2.75, 3.05) is 26.4 Å². The third kappa shape index (κ3) is 7.26. The van der Waals surface area contributed by atoms with E-state index in [0.29, 0.717) is 39.3 Å². The maximum atomic E-state index is 12.6. The summed E-state index contributed by atoms with van der Waals surface area (Å²) < 4.78 is 44.8. The molecule has 0 radical (unpaired) electrons. The van der Waals surface area contributed by atoms with Gasteiger partial charge < -0.3 is 19.5 Å². The number of carbonyl (C=O) groups excluding carboxylic acids is 1. The number of carboxylic acids is 1. The van der Waals surface area contributed by atoms with Crippen LogP contribution in [0.25, 0.3) is 0 Å². The molecular formula is C21H26F3N3O5. The van der Waals surface area contributed by atoms with Crippen LogP contribution in [0.15, 0.2) is 36.5 Å². The van der Waals surface area contributed by atoms with Crippen LogP contribution in [-0.2, 0) is 27.9 Å². The number of carboxylic acid groups (broad SMARTS) is 1. The molecule has 8 nitrogen and oxygen atoms in total. The quantitative estimate of drug-likeness (QED) is 0.687. The molecule has 1 N–H and O–H groups in total. The normalized spacial score (nSPS) is 15.4. The molecule has 2 heterocycles. The zero-order valence-corrected chi connectivity index (χ0v) is 17.8. The predicted molar refractivity (Wildman–Crippen MR) is 108 cm³/mol. The third-order valence-corrected chi connectivity index (χ3v) is 4.76. The van der Waals surface area contributed by atoms with Crippen LogP contribution < -0.4 is 4.74 Å². The standard InChI is InChI=1S/C19H25N3O3.C2HF3O2/c1-3-24-14-15-12-22(13-18-17(15)11-20-21(18)2)19(23)9-10-25-16-7-5-4-6-8-16;3-2(4,5)1(6)7/h4-8,11,15H,3,9-10,12-14H2,1-2H3;(H,6,7). The second-order valence-corrected chi connectivity index (χ2v) is 7.02. The molecule has 11 heteroatoms. The Morgan fingerprint density at radius 3 is 2.50 bits per heavy atom. The summed E-state index contributed by atoms with van der Waals surface area (Å²) >= 11 is 0. The summed E-state index contributed by atoms with van der Waals surface area (Å²) in [5.74, 6) is -1.69. The minimum atomic E-state index is -5.08. The molecule has 0 aliphatic carbocycles. The third-order valence-electron chi connectivity index (χ3n) is 4.76. The molecule has 1 amide bonds. The fourth-order valence-corrected chi connectivity index (χ4v) is 3.15. The Morgan fingerprint density at radius 2 is 1.91 bits per heavy atom. The Bertz CT molecular complexity index is 887. The van der Waals surface area contributed by atoms with E-state index < -0.39 is 12.1 Å². The van der Waals surface area contributed by atoms with Gasteiger partial charge >= 0.3 is 12.1 Å². The van der Waals surface area contributed by atoms with Crippen molar-refractivity contribution in [3.63, 3.8) is 0 Å². The molecule has 0 spiro atoms. The Balaban J connectivity index is 0.000000451. The molecule has 0 saturated carbocycles. The van der Waals surface area contributed by atoms with E-state index in [2.05, 4.69) is 5.10 Å². The smallest absolute Gasteiger partial charge is 0.490 e. The van der Waals surface area contributed by atoms with E-state index in [9.17, 15) is 18.0 Å².